The summed E-state index contributed by atoms with van der Waals surface area (Å²) in [5.74, 6) is 0. The van der Waals surface area contributed by atoms with Crippen molar-refractivity contribution in [1.29, 1.82) is 0 Å². The third-order valence-electron chi connectivity index (χ3n) is 4.39. The Kier molecular flexibility index (Phi) is 5.90. The van der Waals surface area contributed by atoms with Crippen molar-refractivity contribution in [2.24, 2.45) is 0 Å². The van der Waals surface area contributed by atoms with Crippen molar-refractivity contribution in [3.8, 4) is 0 Å². The molecular formula is C16H29N3. The lowest BCUT2D eigenvalue weighted by Crippen LogP contribution is -2.24. The highest BCUT2D eigenvalue weighted by Gasteiger charge is 2.17. The van der Waals surface area contributed by atoms with E-state index in [4.69, 9.17) is 5.10 Å². The molecule has 1 unspecified atom stereocenters. The van der Waals surface area contributed by atoms with Gasteiger partial charge >= 0.3 is 0 Å². The Morgan fingerprint density at radius 3 is 2.84 bits per heavy atom. The van der Waals surface area contributed by atoms with Crippen molar-refractivity contribution >= 4 is 0 Å². The number of nitrogens with zero attached hydrogens (tertiary/aromatic N) is 2. The Morgan fingerprint density at radius 1 is 1.37 bits per heavy atom. The van der Waals surface area contributed by atoms with Crippen molar-refractivity contribution in [1.82, 2.24) is 15.1 Å². The lowest BCUT2D eigenvalue weighted by atomic mass is 10.0. The molecule has 3 heteroatoms. The van der Waals surface area contributed by atoms with Gasteiger partial charge in [-0.3, -0.25) is 4.68 Å². The summed E-state index contributed by atoms with van der Waals surface area (Å²) in [4.78, 5) is 0. The molecule has 0 bridgehead atoms. The Hall–Kier alpha value is -0.830. The maximum absolute atomic E-state index is 4.76. The summed E-state index contributed by atoms with van der Waals surface area (Å²) in [6, 6.07) is 3.58. The molecule has 19 heavy (non-hydrogen) atoms. The topological polar surface area (TPSA) is 29.9 Å². The minimum absolute atomic E-state index is 0.680. The fourth-order valence-electron chi connectivity index (χ4n) is 3.19. The smallest absolute Gasteiger partial charge is 0.0624 e. The van der Waals surface area contributed by atoms with Gasteiger partial charge in [-0.25, -0.2) is 0 Å². The van der Waals surface area contributed by atoms with E-state index in [1.54, 1.807) is 0 Å². The largest absolute Gasteiger partial charge is 0.317 e. The van der Waals surface area contributed by atoms with Gasteiger partial charge in [0.05, 0.1) is 11.7 Å². The lowest BCUT2D eigenvalue weighted by molar-refractivity contribution is 0.453. The standard InChI is InChI=1S/C16H29N3/c1-3-7-14(17-2)8-6-9-15-12-13-19(18-15)16-10-4-5-11-16/h12-14,16-17H,3-11H2,1-2H3. The van der Waals surface area contributed by atoms with Crippen molar-refractivity contribution < 1.29 is 0 Å². The molecule has 1 N–H and O–H groups in total. The highest BCUT2D eigenvalue weighted by Crippen LogP contribution is 2.28. The quantitative estimate of drug-likeness (QED) is 0.775. The molecule has 1 saturated carbocycles. The zero-order valence-corrected chi connectivity index (χ0v) is 12.6. The van der Waals surface area contributed by atoms with E-state index < -0.39 is 0 Å². The second kappa shape index (κ2) is 7.68. The van der Waals surface area contributed by atoms with Gasteiger partial charge in [-0.05, 0) is 51.6 Å². The maximum Gasteiger partial charge on any atom is 0.0624 e. The lowest BCUT2D eigenvalue weighted by Gasteiger charge is -2.14. The number of rotatable bonds is 8. The van der Waals surface area contributed by atoms with Crippen LogP contribution in [-0.2, 0) is 6.42 Å². The summed E-state index contributed by atoms with van der Waals surface area (Å²) in [6.45, 7) is 2.26. The zero-order chi connectivity index (χ0) is 13.5. The molecule has 1 aliphatic rings. The maximum atomic E-state index is 4.76. The molecule has 3 nitrogen and oxygen atoms in total. The average Bonchev–Trinajstić information content (AvgIpc) is 3.08. The van der Waals surface area contributed by atoms with E-state index in [-0.39, 0.29) is 0 Å². The summed E-state index contributed by atoms with van der Waals surface area (Å²) >= 11 is 0. The predicted octanol–water partition coefficient (Wildman–Crippen LogP) is 3.71. The van der Waals surface area contributed by atoms with E-state index in [1.165, 1.54) is 57.1 Å². The average molecular weight is 263 g/mol. The van der Waals surface area contributed by atoms with Gasteiger partial charge in [0, 0.05) is 12.2 Å². The first-order valence-corrected chi connectivity index (χ1v) is 8.04. The van der Waals surface area contributed by atoms with Crippen molar-refractivity contribution in [3.63, 3.8) is 0 Å². The second-order valence-electron chi connectivity index (χ2n) is 5.89. The van der Waals surface area contributed by atoms with E-state index in [9.17, 15) is 0 Å². The van der Waals surface area contributed by atoms with Crippen LogP contribution in [0.4, 0.5) is 0 Å². The number of hydrogen-bond donors (Lipinski definition) is 1. The highest BCUT2D eigenvalue weighted by molar-refractivity contribution is 5.00. The third kappa shape index (κ3) is 4.34. The van der Waals surface area contributed by atoms with Gasteiger partial charge in [0.15, 0.2) is 0 Å². The molecule has 1 fully saturated rings. The number of aromatic nitrogens is 2. The van der Waals surface area contributed by atoms with E-state index in [2.05, 4.69) is 36.2 Å². The molecule has 0 aliphatic heterocycles. The zero-order valence-electron chi connectivity index (χ0n) is 12.6. The van der Waals surface area contributed by atoms with E-state index in [0.717, 1.165) is 6.42 Å². The molecule has 1 heterocycles. The summed E-state index contributed by atoms with van der Waals surface area (Å²) in [5.41, 5.74) is 1.28. The number of hydrogen-bond acceptors (Lipinski definition) is 2. The van der Waals surface area contributed by atoms with Crippen molar-refractivity contribution in [2.45, 2.75) is 76.8 Å². The summed E-state index contributed by atoms with van der Waals surface area (Å²) in [5, 5.41) is 8.17. The van der Waals surface area contributed by atoms with Crippen molar-refractivity contribution in [2.75, 3.05) is 7.05 Å². The van der Waals surface area contributed by atoms with Crippen LogP contribution in [0.5, 0.6) is 0 Å². The van der Waals surface area contributed by atoms with Gasteiger partial charge in [0.1, 0.15) is 0 Å². The van der Waals surface area contributed by atoms with E-state index in [0.29, 0.717) is 12.1 Å². The molecule has 0 radical (unpaired) electrons. The summed E-state index contributed by atoms with van der Waals surface area (Å²) in [6.07, 6.45) is 13.8. The highest BCUT2D eigenvalue weighted by atomic mass is 15.3. The van der Waals surface area contributed by atoms with Crippen LogP contribution in [0.3, 0.4) is 0 Å². The second-order valence-corrected chi connectivity index (χ2v) is 5.89. The van der Waals surface area contributed by atoms with Crippen LogP contribution in [0.15, 0.2) is 12.3 Å². The molecule has 0 spiro atoms. The molecule has 1 aliphatic carbocycles. The first-order chi connectivity index (χ1) is 9.33. The molecule has 2 rings (SSSR count). The van der Waals surface area contributed by atoms with Crippen LogP contribution in [0, 0.1) is 0 Å². The van der Waals surface area contributed by atoms with Gasteiger partial charge < -0.3 is 5.32 Å². The minimum Gasteiger partial charge on any atom is -0.317 e. The van der Waals surface area contributed by atoms with Gasteiger partial charge in [0.2, 0.25) is 0 Å². The Bertz CT molecular complexity index is 353. The molecule has 0 amide bonds. The van der Waals surface area contributed by atoms with Gasteiger partial charge in [-0.2, -0.15) is 5.10 Å². The van der Waals surface area contributed by atoms with Crippen LogP contribution in [-0.4, -0.2) is 22.9 Å². The van der Waals surface area contributed by atoms with E-state index in [1.807, 2.05) is 0 Å². The Morgan fingerprint density at radius 2 is 2.16 bits per heavy atom. The SMILES string of the molecule is CCCC(CCCc1ccn(C2CCCC2)n1)NC. The van der Waals surface area contributed by atoms with Crippen LogP contribution in [0.2, 0.25) is 0 Å². The van der Waals surface area contributed by atoms with Gasteiger partial charge in [0.25, 0.3) is 0 Å². The molecule has 1 aromatic heterocycles. The van der Waals surface area contributed by atoms with Crippen molar-refractivity contribution in [3.05, 3.63) is 18.0 Å². The van der Waals surface area contributed by atoms with Crippen LogP contribution in [0.25, 0.3) is 0 Å². The predicted molar refractivity (Wildman–Crippen MR) is 80.4 cm³/mol. The fraction of sp³-hybridized carbons (Fsp3) is 0.812. The van der Waals surface area contributed by atoms with E-state index >= 15 is 0 Å². The van der Waals surface area contributed by atoms with Gasteiger partial charge in [-0.1, -0.05) is 26.2 Å². The van der Waals surface area contributed by atoms with Crippen LogP contribution < -0.4 is 5.32 Å². The third-order valence-corrected chi connectivity index (χ3v) is 4.39. The molecule has 1 atom stereocenters. The molecule has 1 aromatic rings. The molecular weight excluding hydrogens is 234 g/mol. The Balaban J connectivity index is 1.73. The fourth-order valence-corrected chi connectivity index (χ4v) is 3.19. The molecule has 108 valence electrons. The molecule has 0 aromatic carbocycles. The normalized spacial score (nSPS) is 18.0. The minimum atomic E-state index is 0.680. The summed E-state index contributed by atoms with van der Waals surface area (Å²) < 4.78 is 2.21. The molecule has 0 saturated heterocycles. The first-order valence-electron chi connectivity index (χ1n) is 8.04. The Labute approximate surface area is 117 Å². The number of nitrogens with one attached hydrogen (secondary N) is 1. The van der Waals surface area contributed by atoms with Crippen LogP contribution in [0.1, 0.15) is 70.0 Å². The van der Waals surface area contributed by atoms with Crippen LogP contribution >= 0.6 is 0 Å². The van der Waals surface area contributed by atoms with Gasteiger partial charge in [-0.15, -0.1) is 0 Å². The monoisotopic (exact) mass is 263 g/mol. The first kappa shape index (κ1) is 14.6. The summed E-state index contributed by atoms with van der Waals surface area (Å²) in [7, 11) is 2.08. The number of aryl methyl sites for hydroxylation is 1.